The standard InChI is InChI=1S/C13H17N3O3S/c1-3-11-5-4-10(9-17)8-12(11)20(18,19)15-13-6-7-16(2)14-13/h4-8,17H,3,9H2,1-2H3,(H,14,15). The van der Waals surface area contributed by atoms with Crippen LogP contribution in [0.3, 0.4) is 0 Å². The zero-order chi connectivity index (χ0) is 14.8. The average molecular weight is 295 g/mol. The maximum absolute atomic E-state index is 12.4. The first-order chi connectivity index (χ1) is 9.46. The molecule has 2 rings (SSSR count). The maximum Gasteiger partial charge on any atom is 0.263 e. The summed E-state index contributed by atoms with van der Waals surface area (Å²) < 4.78 is 28.8. The van der Waals surface area contributed by atoms with Gasteiger partial charge >= 0.3 is 0 Å². The van der Waals surface area contributed by atoms with Crippen LogP contribution in [0.25, 0.3) is 0 Å². The van der Waals surface area contributed by atoms with Crippen LogP contribution in [0, 0.1) is 0 Å². The number of sulfonamides is 1. The quantitative estimate of drug-likeness (QED) is 0.870. The van der Waals surface area contributed by atoms with Gasteiger partial charge in [0.2, 0.25) is 0 Å². The molecule has 0 aliphatic carbocycles. The van der Waals surface area contributed by atoms with Crippen molar-refractivity contribution >= 4 is 15.8 Å². The van der Waals surface area contributed by atoms with Gasteiger partial charge < -0.3 is 5.11 Å². The van der Waals surface area contributed by atoms with E-state index in [9.17, 15) is 8.42 Å². The smallest absolute Gasteiger partial charge is 0.263 e. The molecule has 0 radical (unpaired) electrons. The number of aliphatic hydroxyl groups is 1. The molecular formula is C13H17N3O3S. The van der Waals surface area contributed by atoms with Crippen LogP contribution >= 0.6 is 0 Å². The highest BCUT2D eigenvalue weighted by atomic mass is 32.2. The van der Waals surface area contributed by atoms with Gasteiger partial charge in [0.1, 0.15) is 0 Å². The minimum Gasteiger partial charge on any atom is -0.392 e. The van der Waals surface area contributed by atoms with Gasteiger partial charge in [0.15, 0.2) is 5.82 Å². The van der Waals surface area contributed by atoms with Crippen LogP contribution in [-0.2, 0) is 30.1 Å². The summed E-state index contributed by atoms with van der Waals surface area (Å²) in [7, 11) is -2.00. The third-order valence-electron chi connectivity index (χ3n) is 2.94. The fourth-order valence-electron chi connectivity index (χ4n) is 1.90. The molecule has 7 heteroatoms. The molecule has 0 saturated heterocycles. The van der Waals surface area contributed by atoms with Crippen molar-refractivity contribution in [3.05, 3.63) is 41.6 Å². The number of aromatic nitrogens is 2. The van der Waals surface area contributed by atoms with Crippen molar-refractivity contribution in [2.24, 2.45) is 7.05 Å². The Morgan fingerprint density at radius 3 is 2.65 bits per heavy atom. The van der Waals surface area contributed by atoms with Crippen molar-refractivity contribution in [1.29, 1.82) is 0 Å². The summed E-state index contributed by atoms with van der Waals surface area (Å²) in [5.41, 5.74) is 1.26. The van der Waals surface area contributed by atoms with Crippen molar-refractivity contribution in [1.82, 2.24) is 9.78 Å². The van der Waals surface area contributed by atoms with Crippen molar-refractivity contribution in [2.45, 2.75) is 24.8 Å². The van der Waals surface area contributed by atoms with Gasteiger partial charge in [-0.2, -0.15) is 5.10 Å². The molecule has 1 aromatic heterocycles. The van der Waals surface area contributed by atoms with Gasteiger partial charge in [-0.1, -0.05) is 19.1 Å². The van der Waals surface area contributed by atoms with Crippen LogP contribution < -0.4 is 4.72 Å². The normalized spacial score (nSPS) is 11.6. The van der Waals surface area contributed by atoms with Crippen molar-refractivity contribution in [3.8, 4) is 0 Å². The number of aryl methyl sites for hydroxylation is 2. The van der Waals surface area contributed by atoms with E-state index in [4.69, 9.17) is 5.11 Å². The summed E-state index contributed by atoms with van der Waals surface area (Å²) in [6.07, 6.45) is 2.24. The van der Waals surface area contributed by atoms with Gasteiger partial charge in [-0.25, -0.2) is 8.42 Å². The van der Waals surface area contributed by atoms with E-state index in [-0.39, 0.29) is 17.3 Å². The minimum absolute atomic E-state index is 0.178. The second-order valence-corrected chi connectivity index (χ2v) is 6.08. The second kappa shape index (κ2) is 5.64. The van der Waals surface area contributed by atoms with Crippen LogP contribution in [0.15, 0.2) is 35.4 Å². The summed E-state index contributed by atoms with van der Waals surface area (Å²) in [5, 5.41) is 13.1. The first-order valence-corrected chi connectivity index (χ1v) is 7.69. The number of aliphatic hydroxyl groups excluding tert-OH is 1. The van der Waals surface area contributed by atoms with E-state index in [1.54, 1.807) is 31.4 Å². The summed E-state index contributed by atoms with van der Waals surface area (Å²) in [5.74, 6) is 0.268. The van der Waals surface area contributed by atoms with E-state index >= 15 is 0 Å². The number of hydrogen-bond acceptors (Lipinski definition) is 4. The van der Waals surface area contributed by atoms with Crippen LogP contribution in [0.1, 0.15) is 18.1 Å². The van der Waals surface area contributed by atoms with Gasteiger partial charge in [0.05, 0.1) is 11.5 Å². The minimum atomic E-state index is -3.71. The number of nitrogens with zero attached hydrogens (tertiary/aromatic N) is 2. The number of anilines is 1. The predicted molar refractivity (Wildman–Crippen MR) is 75.8 cm³/mol. The monoisotopic (exact) mass is 295 g/mol. The van der Waals surface area contributed by atoms with Crippen molar-refractivity contribution < 1.29 is 13.5 Å². The third kappa shape index (κ3) is 3.00. The van der Waals surface area contributed by atoms with Crippen molar-refractivity contribution in [3.63, 3.8) is 0 Å². The lowest BCUT2D eigenvalue weighted by molar-refractivity contribution is 0.281. The Morgan fingerprint density at radius 2 is 2.10 bits per heavy atom. The number of rotatable bonds is 5. The molecule has 6 nitrogen and oxygen atoms in total. The summed E-state index contributed by atoms with van der Waals surface area (Å²) >= 11 is 0. The molecule has 0 saturated carbocycles. The summed E-state index contributed by atoms with van der Waals surface area (Å²) in [6, 6.07) is 6.51. The summed E-state index contributed by atoms with van der Waals surface area (Å²) in [4.78, 5) is 0.178. The lowest BCUT2D eigenvalue weighted by atomic mass is 10.1. The lowest BCUT2D eigenvalue weighted by Gasteiger charge is -2.11. The highest BCUT2D eigenvalue weighted by Crippen LogP contribution is 2.21. The topological polar surface area (TPSA) is 84.2 Å². The number of nitrogens with one attached hydrogen (secondary N) is 1. The molecule has 0 fully saturated rings. The number of hydrogen-bond donors (Lipinski definition) is 2. The highest BCUT2D eigenvalue weighted by Gasteiger charge is 2.19. The van der Waals surface area contributed by atoms with Gasteiger partial charge in [-0.3, -0.25) is 9.40 Å². The Labute approximate surface area is 118 Å². The van der Waals surface area contributed by atoms with Gasteiger partial charge in [0.25, 0.3) is 10.0 Å². The highest BCUT2D eigenvalue weighted by molar-refractivity contribution is 7.92. The molecule has 2 aromatic rings. The van der Waals surface area contributed by atoms with Crippen LogP contribution in [0.2, 0.25) is 0 Å². The molecule has 108 valence electrons. The van der Waals surface area contributed by atoms with Gasteiger partial charge in [-0.05, 0) is 23.6 Å². The zero-order valence-corrected chi connectivity index (χ0v) is 12.2. The Morgan fingerprint density at radius 1 is 1.35 bits per heavy atom. The SMILES string of the molecule is CCc1ccc(CO)cc1S(=O)(=O)Nc1ccn(C)n1. The molecule has 1 heterocycles. The fraction of sp³-hybridized carbons (Fsp3) is 0.308. The van der Waals surface area contributed by atoms with E-state index in [1.165, 1.54) is 10.7 Å². The van der Waals surface area contributed by atoms with Crippen LogP contribution in [-0.4, -0.2) is 23.3 Å². The zero-order valence-electron chi connectivity index (χ0n) is 11.4. The van der Waals surface area contributed by atoms with Gasteiger partial charge in [0, 0.05) is 19.3 Å². The molecule has 0 atom stereocenters. The Bertz CT molecular complexity index is 707. The first-order valence-electron chi connectivity index (χ1n) is 6.21. The summed E-state index contributed by atoms with van der Waals surface area (Å²) in [6.45, 7) is 1.68. The van der Waals surface area contributed by atoms with E-state index in [0.717, 1.165) is 0 Å². The molecule has 0 aliphatic heterocycles. The molecule has 0 bridgehead atoms. The molecule has 0 spiro atoms. The van der Waals surface area contributed by atoms with E-state index < -0.39 is 10.0 Å². The molecule has 0 aliphatic rings. The first kappa shape index (κ1) is 14.5. The van der Waals surface area contributed by atoms with Gasteiger partial charge in [-0.15, -0.1) is 0 Å². The van der Waals surface area contributed by atoms with E-state index in [0.29, 0.717) is 17.5 Å². The Kier molecular flexibility index (Phi) is 4.10. The van der Waals surface area contributed by atoms with Crippen molar-refractivity contribution in [2.75, 3.05) is 4.72 Å². The molecule has 0 amide bonds. The molecular weight excluding hydrogens is 278 g/mol. The predicted octanol–water partition coefficient (Wildman–Crippen LogP) is 1.28. The van der Waals surface area contributed by atoms with Crippen LogP contribution in [0.4, 0.5) is 5.82 Å². The molecule has 20 heavy (non-hydrogen) atoms. The fourth-order valence-corrected chi connectivity index (χ4v) is 3.26. The van der Waals surface area contributed by atoms with Crippen LogP contribution in [0.5, 0.6) is 0 Å². The van der Waals surface area contributed by atoms with E-state index in [2.05, 4.69) is 9.82 Å². The molecule has 0 unspecified atom stereocenters. The maximum atomic E-state index is 12.4. The van der Waals surface area contributed by atoms with E-state index in [1.807, 2.05) is 6.92 Å². The Hall–Kier alpha value is -1.86. The lowest BCUT2D eigenvalue weighted by Crippen LogP contribution is -2.16. The second-order valence-electron chi connectivity index (χ2n) is 4.43. The third-order valence-corrected chi connectivity index (χ3v) is 4.37. The number of benzene rings is 1. The Balaban J connectivity index is 2.42. The largest absolute Gasteiger partial charge is 0.392 e. The average Bonchev–Trinajstić information content (AvgIpc) is 2.82. The molecule has 2 N–H and O–H groups in total. The molecule has 1 aromatic carbocycles.